The van der Waals surface area contributed by atoms with Gasteiger partial charge in [0.1, 0.15) is 0 Å². The first kappa shape index (κ1) is 41.1. The number of ether oxygens (including phenoxy) is 8. The number of hydrogen-bond donors (Lipinski definition) is 0. The van der Waals surface area contributed by atoms with Gasteiger partial charge >= 0.3 is 11.8 Å². The summed E-state index contributed by atoms with van der Waals surface area (Å²) in [5.74, 6) is -14.0. The zero-order chi connectivity index (χ0) is 33.2. The molecule has 1 rings (SSSR count). The van der Waals surface area contributed by atoms with Gasteiger partial charge in [-0.25, -0.2) is 22.0 Å². The van der Waals surface area contributed by atoms with Gasteiger partial charge in [0.25, 0.3) is 0 Å². The van der Waals surface area contributed by atoms with Gasteiger partial charge in [0, 0.05) is 13.5 Å². The van der Waals surface area contributed by atoms with Crippen LogP contribution in [0.1, 0.15) is 58.3 Å². The van der Waals surface area contributed by atoms with Crippen LogP contribution in [0.15, 0.2) is 36.0 Å². The van der Waals surface area contributed by atoms with Crippen LogP contribution in [-0.4, -0.2) is 104 Å². The lowest BCUT2D eigenvalue weighted by Gasteiger charge is -2.35. The molecule has 1 aliphatic carbocycles. The minimum Gasteiger partial charge on any atom is -0.422 e. The van der Waals surface area contributed by atoms with Crippen molar-refractivity contribution in [3.63, 3.8) is 0 Å². The normalized spacial score (nSPS) is 18.6. The van der Waals surface area contributed by atoms with E-state index in [1.807, 2.05) is 6.08 Å². The molecule has 14 heteroatoms. The highest BCUT2D eigenvalue weighted by Crippen LogP contribution is 2.45. The molecule has 45 heavy (non-hydrogen) atoms. The fraction of sp³-hybridized carbons (Fsp3) is 0.774. The Morgan fingerprint density at radius 2 is 1.04 bits per heavy atom. The van der Waals surface area contributed by atoms with Gasteiger partial charge in [0.2, 0.25) is 12.0 Å². The van der Waals surface area contributed by atoms with Gasteiger partial charge in [-0.3, -0.25) is 4.79 Å². The Hall–Kier alpha value is -1.94. The van der Waals surface area contributed by atoms with E-state index in [9.17, 15) is 26.7 Å². The summed E-state index contributed by atoms with van der Waals surface area (Å²) in [4.78, 5) is 11.3. The Morgan fingerprint density at radius 3 is 1.49 bits per heavy atom. The van der Waals surface area contributed by atoms with Crippen LogP contribution in [0.25, 0.3) is 0 Å². The molecule has 1 aliphatic rings. The zero-order valence-corrected chi connectivity index (χ0v) is 26.3. The third-order valence-electron chi connectivity index (χ3n) is 6.35. The van der Waals surface area contributed by atoms with Crippen LogP contribution in [0.4, 0.5) is 22.0 Å². The van der Waals surface area contributed by atoms with Crippen LogP contribution in [0, 0.1) is 0 Å². The van der Waals surface area contributed by atoms with Gasteiger partial charge in [-0.1, -0.05) is 38.2 Å². The third-order valence-corrected chi connectivity index (χ3v) is 6.35. The third kappa shape index (κ3) is 17.5. The summed E-state index contributed by atoms with van der Waals surface area (Å²) in [5.41, 5.74) is 0. The number of esters is 1. The molecule has 0 N–H and O–H groups in total. The van der Waals surface area contributed by atoms with Crippen molar-refractivity contribution in [3.05, 3.63) is 36.0 Å². The molecule has 0 aromatic heterocycles. The number of alkyl halides is 1. The van der Waals surface area contributed by atoms with Crippen LogP contribution >= 0.6 is 0 Å². The minimum atomic E-state index is -3.43. The Morgan fingerprint density at radius 1 is 0.644 bits per heavy atom. The molecule has 0 heterocycles. The second-order valence-electron chi connectivity index (χ2n) is 9.99. The molecular weight excluding hydrogens is 611 g/mol. The summed E-state index contributed by atoms with van der Waals surface area (Å²) in [6.45, 7) is 7.86. The van der Waals surface area contributed by atoms with E-state index >= 15 is 0 Å². The standard InChI is InChI=1S/C31H49F5O9/c1-3-4-5-6-7-8-9-10-11-12-38-13-14-39-15-16-40-17-18-41-19-20-42-21-22-43-23-24-44-31(45-25(2)37)29(35)27(33)26(32)28(34)30(31)36/h3,29H,1,4-24H2,2H3. The molecule has 262 valence electrons. The molecule has 0 saturated carbocycles. The predicted octanol–water partition coefficient (Wildman–Crippen LogP) is 6.32. The van der Waals surface area contributed by atoms with Crippen molar-refractivity contribution >= 4 is 5.97 Å². The highest BCUT2D eigenvalue weighted by molar-refractivity contribution is 5.67. The molecule has 0 saturated heterocycles. The number of hydrogen-bond acceptors (Lipinski definition) is 9. The van der Waals surface area contributed by atoms with E-state index in [-0.39, 0.29) is 26.4 Å². The molecule has 0 amide bonds. The van der Waals surface area contributed by atoms with Gasteiger partial charge in [-0.05, 0) is 19.3 Å². The van der Waals surface area contributed by atoms with Crippen molar-refractivity contribution < 1.29 is 64.6 Å². The van der Waals surface area contributed by atoms with Crippen LogP contribution in [-0.2, 0) is 42.7 Å². The number of carbonyl (C=O) groups is 1. The first-order valence-corrected chi connectivity index (χ1v) is 15.4. The summed E-state index contributed by atoms with van der Waals surface area (Å²) in [5, 5.41) is 0. The molecule has 0 aromatic carbocycles. The molecule has 0 fully saturated rings. The number of allylic oxidation sites excluding steroid dienone is 3. The topological polar surface area (TPSA) is 90.9 Å². The lowest BCUT2D eigenvalue weighted by molar-refractivity contribution is -0.247. The molecule has 0 aromatic rings. The summed E-state index contributed by atoms with van der Waals surface area (Å²) in [6.07, 6.45) is 8.48. The van der Waals surface area contributed by atoms with E-state index in [2.05, 4.69) is 11.3 Å². The van der Waals surface area contributed by atoms with E-state index in [1.54, 1.807) is 0 Å². The first-order chi connectivity index (χ1) is 21.8. The Labute approximate surface area is 263 Å². The van der Waals surface area contributed by atoms with E-state index < -0.39 is 47.8 Å². The fourth-order valence-corrected chi connectivity index (χ4v) is 4.05. The van der Waals surface area contributed by atoms with Crippen LogP contribution in [0.5, 0.6) is 0 Å². The zero-order valence-electron chi connectivity index (χ0n) is 26.3. The smallest absolute Gasteiger partial charge is 0.308 e. The number of halogens is 5. The second-order valence-corrected chi connectivity index (χ2v) is 9.99. The summed E-state index contributed by atoms with van der Waals surface area (Å²) >= 11 is 0. The molecule has 0 radical (unpaired) electrons. The van der Waals surface area contributed by atoms with Gasteiger partial charge in [0.15, 0.2) is 17.5 Å². The summed E-state index contributed by atoms with van der Waals surface area (Å²) < 4.78 is 111. The lowest BCUT2D eigenvalue weighted by Crippen LogP contribution is -2.50. The number of rotatable bonds is 30. The molecule has 2 unspecified atom stereocenters. The SMILES string of the molecule is C=CCCCCCCCCCOCCOCCOCCOCCOCCOCCOC1(OC(C)=O)C(F)=C(F)C(F)=C(F)C1F. The monoisotopic (exact) mass is 660 g/mol. The average Bonchev–Trinajstić information content (AvgIpc) is 3.02. The van der Waals surface area contributed by atoms with Crippen molar-refractivity contribution in [1.29, 1.82) is 0 Å². The predicted molar refractivity (Wildman–Crippen MR) is 156 cm³/mol. The molecule has 0 aliphatic heterocycles. The van der Waals surface area contributed by atoms with Gasteiger partial charge in [-0.15, -0.1) is 6.58 Å². The molecule has 0 spiro atoms. The molecule has 2 atom stereocenters. The maximum atomic E-state index is 14.3. The van der Waals surface area contributed by atoms with Crippen molar-refractivity contribution in [1.82, 2.24) is 0 Å². The summed E-state index contributed by atoms with van der Waals surface area (Å²) in [7, 11) is 0. The van der Waals surface area contributed by atoms with Gasteiger partial charge < -0.3 is 37.9 Å². The first-order valence-electron chi connectivity index (χ1n) is 15.4. The van der Waals surface area contributed by atoms with E-state index in [0.29, 0.717) is 46.2 Å². The fourth-order valence-electron chi connectivity index (χ4n) is 4.05. The average molecular weight is 661 g/mol. The quantitative estimate of drug-likeness (QED) is 0.0289. The molecule has 0 bridgehead atoms. The highest BCUT2D eigenvalue weighted by atomic mass is 19.2. The van der Waals surface area contributed by atoms with E-state index in [1.165, 1.54) is 38.5 Å². The van der Waals surface area contributed by atoms with Crippen molar-refractivity contribution in [2.24, 2.45) is 0 Å². The maximum absolute atomic E-state index is 14.3. The number of carbonyl (C=O) groups excluding carboxylic acids is 1. The van der Waals surface area contributed by atoms with Gasteiger partial charge in [-0.2, -0.15) is 0 Å². The van der Waals surface area contributed by atoms with Gasteiger partial charge in [0.05, 0.1) is 79.3 Å². The van der Waals surface area contributed by atoms with E-state index in [4.69, 9.17) is 33.2 Å². The van der Waals surface area contributed by atoms with E-state index in [0.717, 1.165) is 26.4 Å². The van der Waals surface area contributed by atoms with Crippen molar-refractivity contribution in [2.45, 2.75) is 70.2 Å². The summed E-state index contributed by atoms with van der Waals surface area (Å²) in [6, 6.07) is 0. The van der Waals surface area contributed by atoms with Crippen molar-refractivity contribution in [2.75, 3.05) is 85.9 Å². The lowest BCUT2D eigenvalue weighted by atomic mass is 10.0. The largest absolute Gasteiger partial charge is 0.422 e. The van der Waals surface area contributed by atoms with Crippen LogP contribution in [0.2, 0.25) is 0 Å². The van der Waals surface area contributed by atoms with Crippen molar-refractivity contribution in [3.8, 4) is 0 Å². The Bertz CT molecular complexity index is 874. The Balaban J connectivity index is 1.90. The Kier molecular flexibility index (Phi) is 23.9. The molecule has 9 nitrogen and oxygen atoms in total. The van der Waals surface area contributed by atoms with Crippen LogP contribution in [0.3, 0.4) is 0 Å². The highest BCUT2D eigenvalue weighted by Gasteiger charge is 2.57. The van der Waals surface area contributed by atoms with Crippen LogP contribution < -0.4 is 0 Å². The number of unbranched alkanes of at least 4 members (excludes halogenated alkanes) is 7. The minimum absolute atomic E-state index is 0.0453. The second kappa shape index (κ2) is 26.2. The molecular formula is C31H49F5O9. The maximum Gasteiger partial charge on any atom is 0.308 e.